The molecule has 0 aliphatic carbocycles. The second-order valence-electron chi connectivity index (χ2n) is 13.5. The Balaban J connectivity index is 3.84. The first kappa shape index (κ1) is 41.9. The van der Waals surface area contributed by atoms with Gasteiger partial charge in [-0.1, -0.05) is 181 Å². The van der Waals surface area contributed by atoms with Gasteiger partial charge in [0.2, 0.25) is 0 Å². The number of hydrogen-bond donors (Lipinski definition) is 1. The number of carboxylic acid groups (broad SMARTS) is 1. The fourth-order valence-corrected chi connectivity index (χ4v) is 6.19. The summed E-state index contributed by atoms with van der Waals surface area (Å²) in [7, 11) is 0. The smallest absolute Gasteiger partial charge is 0.306 e. The summed E-state index contributed by atoms with van der Waals surface area (Å²) in [4.78, 5) is 23.2. The summed E-state index contributed by atoms with van der Waals surface area (Å²) in [5, 5.41) is 8.69. The van der Waals surface area contributed by atoms with Crippen molar-refractivity contribution in [2.45, 2.75) is 238 Å². The van der Waals surface area contributed by atoms with Gasteiger partial charge in [-0.05, 0) is 38.5 Å². The van der Waals surface area contributed by atoms with E-state index in [1.165, 1.54) is 173 Å². The Morgan fingerprint density at radius 1 is 0.419 bits per heavy atom. The molecule has 1 unspecified atom stereocenters. The highest BCUT2D eigenvalue weighted by Crippen LogP contribution is 2.19. The van der Waals surface area contributed by atoms with E-state index in [0.717, 1.165) is 32.1 Å². The fourth-order valence-electron chi connectivity index (χ4n) is 6.19. The van der Waals surface area contributed by atoms with Gasteiger partial charge < -0.3 is 9.84 Å². The molecule has 0 aromatic heterocycles. The molecule has 0 aromatic rings. The third-order valence-electron chi connectivity index (χ3n) is 9.08. The second kappa shape index (κ2) is 35.4. The fraction of sp³-hybridized carbons (Fsp3) is 0.949. The molecule has 4 heteroatoms. The molecular weight excluding hydrogens is 532 g/mol. The molecule has 0 aromatic carbocycles. The van der Waals surface area contributed by atoms with Crippen LogP contribution >= 0.6 is 0 Å². The molecule has 0 aliphatic heterocycles. The van der Waals surface area contributed by atoms with Gasteiger partial charge in [-0.2, -0.15) is 0 Å². The normalized spacial score (nSPS) is 12.0. The maximum atomic E-state index is 12.6. The van der Waals surface area contributed by atoms with Gasteiger partial charge in [-0.25, -0.2) is 0 Å². The summed E-state index contributed by atoms with van der Waals surface area (Å²) in [5.41, 5.74) is 0. The van der Waals surface area contributed by atoms with E-state index in [4.69, 9.17) is 9.84 Å². The highest BCUT2D eigenvalue weighted by atomic mass is 16.5. The molecule has 4 nitrogen and oxygen atoms in total. The van der Waals surface area contributed by atoms with Crippen molar-refractivity contribution in [2.24, 2.45) is 0 Å². The number of ether oxygens (including phenoxy) is 1. The van der Waals surface area contributed by atoms with Crippen molar-refractivity contribution >= 4 is 11.9 Å². The maximum Gasteiger partial charge on any atom is 0.306 e. The minimum atomic E-state index is -0.670. The molecule has 0 rings (SSSR count). The molecule has 0 bridgehead atoms. The van der Waals surface area contributed by atoms with Crippen molar-refractivity contribution in [1.29, 1.82) is 0 Å². The zero-order valence-corrected chi connectivity index (χ0v) is 29.3. The van der Waals surface area contributed by atoms with Crippen molar-refractivity contribution in [3.63, 3.8) is 0 Å². The molecule has 0 saturated heterocycles. The lowest BCUT2D eigenvalue weighted by atomic mass is 10.0. The average Bonchev–Trinajstić information content (AvgIpc) is 2.99. The highest BCUT2D eigenvalue weighted by Gasteiger charge is 2.14. The second-order valence-corrected chi connectivity index (χ2v) is 13.5. The third kappa shape index (κ3) is 35.3. The molecule has 0 aliphatic rings. The Labute approximate surface area is 269 Å². The van der Waals surface area contributed by atoms with Crippen LogP contribution in [0.25, 0.3) is 0 Å². The molecule has 0 saturated carbocycles. The van der Waals surface area contributed by atoms with E-state index in [1.807, 2.05) is 0 Å². The van der Waals surface area contributed by atoms with E-state index in [1.54, 1.807) is 0 Å². The van der Waals surface area contributed by atoms with Gasteiger partial charge in [-0.15, -0.1) is 0 Å². The third-order valence-corrected chi connectivity index (χ3v) is 9.08. The van der Waals surface area contributed by atoms with Crippen LogP contribution in [-0.2, 0) is 14.3 Å². The van der Waals surface area contributed by atoms with Crippen LogP contribution in [-0.4, -0.2) is 23.1 Å². The Bertz CT molecular complexity index is 576. The van der Waals surface area contributed by atoms with Crippen LogP contribution in [0.1, 0.15) is 232 Å². The Kier molecular flexibility index (Phi) is 34.5. The van der Waals surface area contributed by atoms with Gasteiger partial charge in [0, 0.05) is 12.8 Å². The topological polar surface area (TPSA) is 63.6 Å². The van der Waals surface area contributed by atoms with Crippen molar-refractivity contribution in [3.8, 4) is 0 Å². The van der Waals surface area contributed by atoms with Crippen molar-refractivity contribution < 1.29 is 19.4 Å². The van der Waals surface area contributed by atoms with Crippen LogP contribution in [0.4, 0.5) is 0 Å². The summed E-state index contributed by atoms with van der Waals surface area (Å²) < 4.78 is 6.01. The average molecular weight is 609 g/mol. The molecule has 1 atom stereocenters. The summed E-state index contributed by atoms with van der Waals surface area (Å²) >= 11 is 0. The monoisotopic (exact) mass is 609 g/mol. The van der Waals surface area contributed by atoms with E-state index in [0.29, 0.717) is 12.8 Å². The Morgan fingerprint density at radius 3 is 1.02 bits per heavy atom. The minimum Gasteiger partial charge on any atom is -0.481 e. The first-order chi connectivity index (χ1) is 21.1. The lowest BCUT2D eigenvalue weighted by molar-refractivity contribution is -0.150. The SMILES string of the molecule is CCCCCCCCCCCCCCCCC(=O)OC(CCCCCCC)CCCCCCCCCCCCCC(=O)O. The van der Waals surface area contributed by atoms with Crippen LogP contribution < -0.4 is 0 Å². The molecule has 0 radical (unpaired) electrons. The van der Waals surface area contributed by atoms with Crippen LogP contribution in [0.5, 0.6) is 0 Å². The summed E-state index contributed by atoms with van der Waals surface area (Å²) in [6.45, 7) is 4.54. The Hall–Kier alpha value is -1.06. The first-order valence-corrected chi connectivity index (χ1v) is 19.5. The number of rotatable bonds is 36. The molecular formula is C39H76O4. The van der Waals surface area contributed by atoms with Gasteiger partial charge in [0.15, 0.2) is 0 Å². The standard InChI is InChI=1S/C39H76O4/c1-3-5-7-9-10-11-12-13-14-18-21-24-28-32-36-39(42)43-37(33-29-25-8-6-4-2)34-30-26-22-19-16-15-17-20-23-27-31-35-38(40)41/h37H,3-36H2,1-2H3,(H,40,41). The minimum absolute atomic E-state index is 0.0421. The number of unbranched alkanes of at least 4 members (excludes halogenated alkanes) is 27. The van der Waals surface area contributed by atoms with Crippen LogP contribution in [0.3, 0.4) is 0 Å². The number of esters is 1. The highest BCUT2D eigenvalue weighted by molar-refractivity contribution is 5.69. The number of carbonyl (C=O) groups is 2. The molecule has 0 fully saturated rings. The molecule has 0 amide bonds. The van der Waals surface area contributed by atoms with Gasteiger partial charge in [0.05, 0.1) is 0 Å². The largest absolute Gasteiger partial charge is 0.481 e. The van der Waals surface area contributed by atoms with Gasteiger partial charge in [0.1, 0.15) is 6.10 Å². The maximum absolute atomic E-state index is 12.6. The summed E-state index contributed by atoms with van der Waals surface area (Å²) in [5.74, 6) is -0.628. The van der Waals surface area contributed by atoms with Crippen molar-refractivity contribution in [2.75, 3.05) is 0 Å². The van der Waals surface area contributed by atoms with Crippen molar-refractivity contribution in [1.82, 2.24) is 0 Å². The number of carboxylic acids is 1. The van der Waals surface area contributed by atoms with Gasteiger partial charge in [0.25, 0.3) is 0 Å². The molecule has 1 N–H and O–H groups in total. The Morgan fingerprint density at radius 2 is 0.698 bits per heavy atom. The van der Waals surface area contributed by atoms with Crippen LogP contribution in [0.2, 0.25) is 0 Å². The predicted molar refractivity (Wildman–Crippen MR) is 186 cm³/mol. The lowest BCUT2D eigenvalue weighted by Crippen LogP contribution is -2.18. The van der Waals surface area contributed by atoms with Gasteiger partial charge >= 0.3 is 11.9 Å². The predicted octanol–water partition coefficient (Wildman–Crippen LogP) is 13.3. The zero-order chi connectivity index (χ0) is 31.5. The summed E-state index contributed by atoms with van der Waals surface area (Å²) in [6, 6.07) is 0. The quantitative estimate of drug-likeness (QED) is 0.0567. The van der Waals surface area contributed by atoms with Crippen LogP contribution in [0, 0.1) is 0 Å². The van der Waals surface area contributed by atoms with E-state index >= 15 is 0 Å². The molecule has 256 valence electrons. The summed E-state index contributed by atoms with van der Waals surface area (Å²) in [6.07, 6.45) is 41.4. The molecule has 43 heavy (non-hydrogen) atoms. The lowest BCUT2D eigenvalue weighted by Gasteiger charge is -2.18. The van der Waals surface area contributed by atoms with E-state index < -0.39 is 5.97 Å². The molecule has 0 spiro atoms. The number of carbonyl (C=O) groups excluding carboxylic acids is 1. The number of aliphatic carboxylic acids is 1. The van der Waals surface area contributed by atoms with Gasteiger partial charge in [-0.3, -0.25) is 9.59 Å². The number of hydrogen-bond acceptors (Lipinski definition) is 3. The van der Waals surface area contributed by atoms with Crippen molar-refractivity contribution in [3.05, 3.63) is 0 Å². The molecule has 0 heterocycles. The van der Waals surface area contributed by atoms with E-state index in [2.05, 4.69) is 13.8 Å². The zero-order valence-electron chi connectivity index (χ0n) is 29.3. The van der Waals surface area contributed by atoms with E-state index in [-0.39, 0.29) is 12.1 Å². The van der Waals surface area contributed by atoms with Crippen LogP contribution in [0.15, 0.2) is 0 Å². The first-order valence-electron chi connectivity index (χ1n) is 19.5. The van der Waals surface area contributed by atoms with E-state index in [9.17, 15) is 9.59 Å².